The fourth-order valence-electron chi connectivity index (χ4n) is 7.56. The molecule has 0 aliphatic carbocycles. The van der Waals surface area contributed by atoms with E-state index in [1.807, 2.05) is 33.3 Å². The van der Waals surface area contributed by atoms with Crippen molar-refractivity contribution in [1.29, 1.82) is 0 Å². The van der Waals surface area contributed by atoms with Crippen LogP contribution in [0.2, 0.25) is 0 Å². The summed E-state index contributed by atoms with van der Waals surface area (Å²) in [5.41, 5.74) is 0. The van der Waals surface area contributed by atoms with Crippen molar-refractivity contribution < 1.29 is 37.3 Å². The van der Waals surface area contributed by atoms with Gasteiger partial charge in [0.05, 0.1) is 33.8 Å². The van der Waals surface area contributed by atoms with Crippen LogP contribution in [-0.2, 0) is 27.9 Å². The molecule has 0 aliphatic rings. The summed E-state index contributed by atoms with van der Waals surface area (Å²) >= 11 is 0. The molecule has 0 heterocycles. The molecule has 10 heteroatoms. The maximum absolute atomic E-state index is 13.5. The van der Waals surface area contributed by atoms with Crippen molar-refractivity contribution in [2.24, 2.45) is 0 Å². The molecule has 72 heavy (non-hydrogen) atoms. The first kappa shape index (κ1) is 68.7. The zero-order valence-corrected chi connectivity index (χ0v) is 47.7. The van der Waals surface area contributed by atoms with E-state index >= 15 is 0 Å². The van der Waals surface area contributed by atoms with Crippen molar-refractivity contribution >= 4 is 19.7 Å². The van der Waals surface area contributed by atoms with Gasteiger partial charge in [0.2, 0.25) is 5.91 Å². The second-order valence-electron chi connectivity index (χ2n) is 20.0. The van der Waals surface area contributed by atoms with Crippen LogP contribution in [0.15, 0.2) is 109 Å². The van der Waals surface area contributed by atoms with Crippen LogP contribution < -0.4 is 10.2 Å². The van der Waals surface area contributed by atoms with E-state index in [1.54, 1.807) is 0 Å². The lowest BCUT2D eigenvalue weighted by molar-refractivity contribution is -0.870. The van der Waals surface area contributed by atoms with E-state index in [9.17, 15) is 19.0 Å². The minimum atomic E-state index is -4.72. The van der Waals surface area contributed by atoms with E-state index in [4.69, 9.17) is 13.8 Å². The van der Waals surface area contributed by atoms with Gasteiger partial charge in [-0.05, 0) is 109 Å². The van der Waals surface area contributed by atoms with Crippen LogP contribution in [0.4, 0.5) is 0 Å². The van der Waals surface area contributed by atoms with E-state index in [2.05, 4.69) is 123 Å². The third-order valence-electron chi connectivity index (χ3n) is 11.9. The highest BCUT2D eigenvalue weighted by molar-refractivity contribution is 7.45. The number of esters is 1. The standard InChI is InChI=1S/C62H107N2O7P/c1-7-10-13-16-19-22-25-28-30-31-32-33-34-37-40-43-46-49-52-55-62(66)71-60(53-50-47-44-41-38-35-27-24-21-18-15-12-9-3)59(58-70-72(67,68)69-57-56-64(4,5)6)63-61(65)54-51-48-45-42-39-36-29-26-23-20-17-14-11-8-2/h10-11,13-14,19-20,22-23,28-30,32-33,36-37,40,50,53,59-60H,7-9,12,15-18,21,24-27,31,34-35,38-39,41-49,51-52,54-58H2,1-6H3,(H-,63,65,67,68)/b13-10-,14-11+,22-19-,23-20+,30-28-,33-32-,36-29+,40-37-,53-50+. The number of phosphoric ester groups is 1. The van der Waals surface area contributed by atoms with E-state index < -0.39 is 26.6 Å². The molecule has 0 aromatic carbocycles. The number of allylic oxidation sites excluding steroid dienone is 17. The Morgan fingerprint density at radius 2 is 0.889 bits per heavy atom. The minimum Gasteiger partial charge on any atom is -0.756 e. The van der Waals surface area contributed by atoms with Crippen LogP contribution in [-0.4, -0.2) is 69.4 Å². The monoisotopic (exact) mass is 1020 g/mol. The fourth-order valence-corrected chi connectivity index (χ4v) is 8.28. The molecule has 9 nitrogen and oxygen atoms in total. The van der Waals surface area contributed by atoms with Crippen LogP contribution in [0.1, 0.15) is 220 Å². The highest BCUT2D eigenvalue weighted by atomic mass is 31.2. The van der Waals surface area contributed by atoms with Crippen LogP contribution in [0, 0.1) is 0 Å². The summed E-state index contributed by atoms with van der Waals surface area (Å²) in [5, 5.41) is 3.00. The third kappa shape index (κ3) is 51.6. The maximum atomic E-state index is 13.5. The molecule has 1 amide bonds. The molecule has 0 aliphatic heterocycles. The van der Waals surface area contributed by atoms with Gasteiger partial charge >= 0.3 is 5.97 Å². The summed E-state index contributed by atoms with van der Waals surface area (Å²) in [4.78, 5) is 39.9. The number of phosphoric acid groups is 1. The first-order valence-electron chi connectivity index (χ1n) is 28.7. The number of nitrogens with one attached hydrogen (secondary N) is 1. The Hall–Kier alpha value is -3.33. The Morgan fingerprint density at radius 3 is 1.35 bits per heavy atom. The Kier molecular flexibility index (Phi) is 48.8. The van der Waals surface area contributed by atoms with Gasteiger partial charge in [0.15, 0.2) is 0 Å². The number of hydrogen-bond acceptors (Lipinski definition) is 7. The number of carbonyl (C=O) groups excluding carboxylic acids is 2. The molecule has 1 N–H and O–H groups in total. The average molecular weight is 1020 g/mol. The van der Waals surface area contributed by atoms with E-state index in [0.29, 0.717) is 23.9 Å². The molecule has 3 unspecified atom stereocenters. The summed E-state index contributed by atoms with van der Waals surface area (Å²) < 4.78 is 30.2. The largest absolute Gasteiger partial charge is 0.756 e. The number of unbranched alkanes of at least 4 members (excludes halogenated alkanes) is 18. The molecule has 0 saturated heterocycles. The van der Waals surface area contributed by atoms with Crippen molar-refractivity contribution in [2.75, 3.05) is 40.9 Å². The topological polar surface area (TPSA) is 114 Å². The molecule has 3 atom stereocenters. The Bertz CT molecular complexity index is 1600. The summed E-state index contributed by atoms with van der Waals surface area (Å²) in [6.45, 7) is 6.55. The first-order chi connectivity index (χ1) is 34.9. The van der Waals surface area contributed by atoms with Gasteiger partial charge in [0, 0.05) is 12.8 Å². The molecular formula is C62H107N2O7P. The molecule has 0 fully saturated rings. The lowest BCUT2D eigenvalue weighted by Gasteiger charge is -2.30. The van der Waals surface area contributed by atoms with Crippen LogP contribution in [0.25, 0.3) is 0 Å². The second kappa shape index (κ2) is 51.2. The van der Waals surface area contributed by atoms with Crippen molar-refractivity contribution in [3.05, 3.63) is 109 Å². The molecule has 0 radical (unpaired) electrons. The smallest absolute Gasteiger partial charge is 0.306 e. The summed E-state index contributed by atoms with van der Waals surface area (Å²) in [7, 11) is 1.13. The number of hydrogen-bond donors (Lipinski definition) is 1. The van der Waals surface area contributed by atoms with Gasteiger partial charge < -0.3 is 28.5 Å². The number of carbonyl (C=O) groups is 2. The number of nitrogens with zero attached hydrogens (tertiary/aromatic N) is 1. The maximum Gasteiger partial charge on any atom is 0.306 e. The molecule has 412 valence electrons. The van der Waals surface area contributed by atoms with E-state index in [-0.39, 0.29) is 31.3 Å². The quantitative estimate of drug-likeness (QED) is 0.0212. The highest BCUT2D eigenvalue weighted by Gasteiger charge is 2.27. The molecule has 0 spiro atoms. The summed E-state index contributed by atoms with van der Waals surface area (Å²) in [6, 6.07) is -0.920. The SMILES string of the molecule is CC/C=C\C/C=C\C/C=C\C/C=C\C/C=C\CCCCCC(=O)OC(/C=C/CCCCCCCCCCCCC)C(COP(=O)([O-])OCC[N+](C)(C)C)NC(=O)CCCCCC/C=C/C/C=C/C/C=C/CC. The van der Waals surface area contributed by atoms with Gasteiger partial charge in [0.1, 0.15) is 19.3 Å². The minimum absolute atomic E-state index is 0.0383. The number of quaternary nitrogens is 1. The molecule has 0 saturated carbocycles. The fraction of sp³-hybridized carbons (Fsp3) is 0.677. The first-order valence-corrected chi connectivity index (χ1v) is 30.2. The normalized spacial score (nSPS) is 14.6. The molecule has 0 rings (SSSR count). The molecule has 0 bridgehead atoms. The second-order valence-corrected chi connectivity index (χ2v) is 21.4. The van der Waals surface area contributed by atoms with E-state index in [1.165, 1.54) is 57.8 Å². The number of amides is 1. The number of ether oxygens (including phenoxy) is 1. The Labute approximate surface area is 442 Å². The lowest BCUT2D eigenvalue weighted by atomic mass is 10.0. The third-order valence-corrected chi connectivity index (χ3v) is 12.9. The van der Waals surface area contributed by atoms with Crippen molar-refractivity contribution in [2.45, 2.75) is 232 Å². The zero-order chi connectivity index (χ0) is 52.9. The molecule has 0 aromatic heterocycles. The van der Waals surface area contributed by atoms with Crippen LogP contribution in [0.5, 0.6) is 0 Å². The molecular weight excluding hydrogens is 916 g/mol. The van der Waals surface area contributed by atoms with Gasteiger partial charge in [-0.3, -0.25) is 14.2 Å². The zero-order valence-electron chi connectivity index (χ0n) is 46.8. The Morgan fingerprint density at radius 1 is 0.500 bits per heavy atom. The van der Waals surface area contributed by atoms with Crippen molar-refractivity contribution in [3.63, 3.8) is 0 Å². The predicted octanol–water partition coefficient (Wildman–Crippen LogP) is 16.7. The van der Waals surface area contributed by atoms with Crippen LogP contribution >= 0.6 is 7.82 Å². The Balaban J connectivity index is 5.47. The van der Waals surface area contributed by atoms with Crippen LogP contribution in [0.3, 0.4) is 0 Å². The number of likely N-dealkylation sites (N-methyl/N-ethyl adjacent to an activating group) is 1. The van der Waals surface area contributed by atoms with Gasteiger partial charge in [-0.15, -0.1) is 0 Å². The predicted molar refractivity (Wildman–Crippen MR) is 307 cm³/mol. The lowest BCUT2D eigenvalue weighted by Crippen LogP contribution is -2.47. The number of rotatable bonds is 50. The van der Waals surface area contributed by atoms with Gasteiger partial charge in [0.25, 0.3) is 7.82 Å². The average Bonchev–Trinajstić information content (AvgIpc) is 3.34. The summed E-state index contributed by atoms with van der Waals surface area (Å²) in [5.74, 6) is -0.613. The van der Waals surface area contributed by atoms with Gasteiger partial charge in [-0.1, -0.05) is 208 Å². The van der Waals surface area contributed by atoms with Crippen molar-refractivity contribution in [1.82, 2.24) is 5.32 Å². The van der Waals surface area contributed by atoms with Gasteiger partial charge in [-0.2, -0.15) is 0 Å². The van der Waals surface area contributed by atoms with Gasteiger partial charge in [-0.25, -0.2) is 0 Å². The van der Waals surface area contributed by atoms with E-state index in [0.717, 1.165) is 116 Å². The summed E-state index contributed by atoms with van der Waals surface area (Å²) in [6.07, 6.45) is 69.1. The molecule has 0 aromatic rings. The highest BCUT2D eigenvalue weighted by Crippen LogP contribution is 2.38. The van der Waals surface area contributed by atoms with Crippen molar-refractivity contribution in [3.8, 4) is 0 Å².